The van der Waals surface area contributed by atoms with Gasteiger partial charge in [-0.15, -0.1) is 0 Å². The van der Waals surface area contributed by atoms with Gasteiger partial charge in [0.15, 0.2) is 0 Å². The third-order valence-electron chi connectivity index (χ3n) is 3.87. The Hall–Kier alpha value is -1.42. The quantitative estimate of drug-likeness (QED) is 0.844. The monoisotopic (exact) mass is 278 g/mol. The third kappa shape index (κ3) is 2.85. The van der Waals surface area contributed by atoms with Crippen LogP contribution in [0.4, 0.5) is 10.1 Å². The first kappa shape index (κ1) is 15.0. The van der Waals surface area contributed by atoms with Crippen LogP contribution in [0.15, 0.2) is 18.2 Å². The Bertz CT molecular complexity index is 491. The summed E-state index contributed by atoms with van der Waals surface area (Å²) < 4.78 is 14.4. The van der Waals surface area contributed by atoms with Gasteiger partial charge in [0.25, 0.3) is 0 Å². The van der Waals surface area contributed by atoms with Crippen molar-refractivity contribution in [3.63, 3.8) is 0 Å². The van der Waals surface area contributed by atoms with Crippen LogP contribution in [-0.4, -0.2) is 31.4 Å². The van der Waals surface area contributed by atoms with Crippen LogP contribution < -0.4 is 4.90 Å². The van der Waals surface area contributed by atoms with E-state index >= 15 is 0 Å². The molecule has 1 saturated heterocycles. The normalized spacial score (nSPS) is 17.4. The van der Waals surface area contributed by atoms with Crippen LogP contribution in [-0.2, 0) is 4.79 Å². The number of anilines is 1. The van der Waals surface area contributed by atoms with Gasteiger partial charge in [-0.2, -0.15) is 0 Å². The Balaban J connectivity index is 2.31. The highest BCUT2D eigenvalue weighted by Gasteiger charge is 2.25. The number of benzene rings is 1. The van der Waals surface area contributed by atoms with Crippen molar-refractivity contribution >= 4 is 11.6 Å². The standard InChI is InChI=1S/C16H23FN2O/c1-11(2)16(18(3)4)12-7-8-14(13(17)10-12)19-9-5-6-15(19)20/h7-8,10-11,16H,5-6,9H2,1-4H3. The maximum Gasteiger partial charge on any atom is 0.227 e. The smallest absolute Gasteiger partial charge is 0.227 e. The Labute approximate surface area is 120 Å². The Morgan fingerprint density at radius 2 is 2.00 bits per heavy atom. The second-order valence-corrected chi connectivity index (χ2v) is 6.01. The molecule has 20 heavy (non-hydrogen) atoms. The minimum absolute atomic E-state index is 0.0182. The minimum Gasteiger partial charge on any atom is -0.310 e. The summed E-state index contributed by atoms with van der Waals surface area (Å²) in [6, 6.07) is 5.43. The molecule has 0 aliphatic carbocycles. The molecule has 1 aliphatic heterocycles. The minimum atomic E-state index is -0.301. The van der Waals surface area contributed by atoms with Gasteiger partial charge in [-0.05, 0) is 44.1 Å². The van der Waals surface area contributed by atoms with E-state index in [4.69, 9.17) is 0 Å². The van der Waals surface area contributed by atoms with Crippen LogP contribution >= 0.6 is 0 Å². The molecular formula is C16H23FN2O. The van der Waals surface area contributed by atoms with Crippen LogP contribution in [0.5, 0.6) is 0 Å². The summed E-state index contributed by atoms with van der Waals surface area (Å²) >= 11 is 0. The van der Waals surface area contributed by atoms with Crippen LogP contribution in [0.25, 0.3) is 0 Å². The van der Waals surface area contributed by atoms with E-state index in [1.807, 2.05) is 20.2 Å². The number of rotatable bonds is 4. The average Bonchev–Trinajstić information content (AvgIpc) is 2.74. The predicted molar refractivity (Wildman–Crippen MR) is 79.3 cm³/mol. The van der Waals surface area contributed by atoms with E-state index in [0.717, 1.165) is 12.0 Å². The van der Waals surface area contributed by atoms with Gasteiger partial charge in [0, 0.05) is 19.0 Å². The maximum absolute atomic E-state index is 14.4. The van der Waals surface area contributed by atoms with Crippen molar-refractivity contribution in [2.75, 3.05) is 25.5 Å². The molecule has 110 valence electrons. The first-order valence-electron chi connectivity index (χ1n) is 7.18. The lowest BCUT2D eigenvalue weighted by Gasteiger charge is -2.29. The lowest BCUT2D eigenvalue weighted by atomic mass is 9.94. The lowest BCUT2D eigenvalue weighted by molar-refractivity contribution is -0.117. The van der Waals surface area contributed by atoms with Crippen molar-refractivity contribution < 1.29 is 9.18 Å². The van der Waals surface area contributed by atoms with E-state index in [9.17, 15) is 9.18 Å². The highest BCUT2D eigenvalue weighted by atomic mass is 19.1. The lowest BCUT2D eigenvalue weighted by Crippen LogP contribution is -2.26. The van der Waals surface area contributed by atoms with Crippen LogP contribution in [0, 0.1) is 11.7 Å². The fraction of sp³-hybridized carbons (Fsp3) is 0.562. The summed E-state index contributed by atoms with van der Waals surface area (Å²) in [4.78, 5) is 15.4. The molecule has 2 rings (SSSR count). The van der Waals surface area contributed by atoms with E-state index in [0.29, 0.717) is 24.6 Å². The zero-order chi connectivity index (χ0) is 14.9. The molecule has 1 aromatic carbocycles. The molecule has 0 radical (unpaired) electrons. The molecule has 4 heteroatoms. The summed E-state index contributed by atoms with van der Waals surface area (Å²) in [5.74, 6) is 0.110. The van der Waals surface area contributed by atoms with Crippen molar-refractivity contribution in [1.29, 1.82) is 0 Å². The molecule has 1 aliphatic rings. The number of amides is 1. The first-order chi connectivity index (χ1) is 9.41. The molecule has 0 N–H and O–H groups in total. The average molecular weight is 278 g/mol. The number of hydrogen-bond acceptors (Lipinski definition) is 2. The highest BCUT2D eigenvalue weighted by Crippen LogP contribution is 2.31. The van der Waals surface area contributed by atoms with E-state index in [1.54, 1.807) is 17.0 Å². The van der Waals surface area contributed by atoms with E-state index < -0.39 is 0 Å². The predicted octanol–water partition coefficient (Wildman–Crippen LogP) is 3.21. The number of nitrogens with zero attached hydrogens (tertiary/aromatic N) is 2. The summed E-state index contributed by atoms with van der Waals surface area (Å²) in [5.41, 5.74) is 1.37. The van der Waals surface area contributed by atoms with E-state index in [2.05, 4.69) is 18.7 Å². The van der Waals surface area contributed by atoms with Gasteiger partial charge in [-0.3, -0.25) is 4.79 Å². The third-order valence-corrected chi connectivity index (χ3v) is 3.87. The van der Waals surface area contributed by atoms with Crippen LogP contribution in [0.3, 0.4) is 0 Å². The maximum atomic E-state index is 14.4. The fourth-order valence-electron chi connectivity index (χ4n) is 3.11. The van der Waals surface area contributed by atoms with Crippen molar-refractivity contribution in [2.45, 2.75) is 32.7 Å². The van der Waals surface area contributed by atoms with Gasteiger partial charge in [-0.1, -0.05) is 19.9 Å². The topological polar surface area (TPSA) is 23.6 Å². The summed E-state index contributed by atoms with van der Waals surface area (Å²) in [6.07, 6.45) is 1.33. The highest BCUT2D eigenvalue weighted by molar-refractivity contribution is 5.95. The van der Waals surface area contributed by atoms with Crippen molar-refractivity contribution in [3.05, 3.63) is 29.6 Å². The molecule has 0 aromatic heterocycles. The van der Waals surface area contributed by atoms with Crippen molar-refractivity contribution in [2.24, 2.45) is 5.92 Å². The Morgan fingerprint density at radius 1 is 1.30 bits per heavy atom. The van der Waals surface area contributed by atoms with Gasteiger partial charge in [-0.25, -0.2) is 4.39 Å². The van der Waals surface area contributed by atoms with Gasteiger partial charge < -0.3 is 9.80 Å². The summed E-state index contributed by atoms with van der Waals surface area (Å²) in [7, 11) is 4.00. The molecule has 1 heterocycles. The number of halogens is 1. The molecule has 3 nitrogen and oxygen atoms in total. The molecule has 0 spiro atoms. The Kier molecular flexibility index (Phi) is 4.43. The van der Waals surface area contributed by atoms with E-state index in [-0.39, 0.29) is 17.8 Å². The molecular weight excluding hydrogens is 255 g/mol. The molecule has 1 unspecified atom stereocenters. The first-order valence-corrected chi connectivity index (χ1v) is 7.18. The van der Waals surface area contributed by atoms with Gasteiger partial charge in [0.1, 0.15) is 5.82 Å². The van der Waals surface area contributed by atoms with Gasteiger partial charge >= 0.3 is 0 Å². The van der Waals surface area contributed by atoms with Crippen molar-refractivity contribution in [1.82, 2.24) is 4.90 Å². The second kappa shape index (κ2) is 5.92. The van der Waals surface area contributed by atoms with E-state index in [1.165, 1.54) is 0 Å². The SMILES string of the molecule is CC(C)C(c1ccc(N2CCCC2=O)c(F)c1)N(C)C. The largest absolute Gasteiger partial charge is 0.310 e. The van der Waals surface area contributed by atoms with Crippen molar-refractivity contribution in [3.8, 4) is 0 Å². The number of hydrogen-bond donors (Lipinski definition) is 0. The molecule has 1 atom stereocenters. The number of carbonyl (C=O) groups is 1. The molecule has 0 saturated carbocycles. The molecule has 1 aromatic rings. The Morgan fingerprint density at radius 3 is 2.45 bits per heavy atom. The van der Waals surface area contributed by atoms with Gasteiger partial charge in [0.05, 0.1) is 5.69 Å². The summed E-state index contributed by atoms with van der Waals surface area (Å²) in [6.45, 7) is 4.87. The molecule has 0 bridgehead atoms. The second-order valence-electron chi connectivity index (χ2n) is 6.01. The van der Waals surface area contributed by atoms with Gasteiger partial charge in [0.2, 0.25) is 5.91 Å². The zero-order valence-electron chi connectivity index (χ0n) is 12.7. The van der Waals surface area contributed by atoms with Crippen LogP contribution in [0.1, 0.15) is 38.3 Å². The fourth-order valence-corrected chi connectivity index (χ4v) is 3.11. The molecule has 1 fully saturated rings. The zero-order valence-corrected chi connectivity index (χ0v) is 12.7. The summed E-state index contributed by atoms with van der Waals surface area (Å²) in [5, 5.41) is 0. The number of carbonyl (C=O) groups excluding carboxylic acids is 1. The molecule has 1 amide bonds. The van der Waals surface area contributed by atoms with Crippen LogP contribution in [0.2, 0.25) is 0 Å².